The van der Waals surface area contributed by atoms with Gasteiger partial charge in [-0.25, -0.2) is 24.0 Å². The number of aliphatic hydroxyl groups excluding tert-OH is 3. The van der Waals surface area contributed by atoms with E-state index in [4.69, 9.17) is 43.6 Å². The average Bonchev–Trinajstić information content (AvgIpc) is 0.797. The number of benzene rings is 4. The molecule has 0 radical (unpaired) electrons. The molecule has 1 heterocycles. The summed E-state index contributed by atoms with van der Waals surface area (Å²) in [5, 5.41) is 61.5. The lowest BCUT2D eigenvalue weighted by molar-refractivity contribution is -0.346. The molecule has 1 aliphatic heterocycles. The Morgan fingerprint density at radius 1 is 0.770 bits per heavy atom. The third kappa shape index (κ3) is 19.2. The highest BCUT2D eigenvalue weighted by molar-refractivity contribution is 6.00. The largest absolute Gasteiger partial charge is 0.508 e. The van der Waals surface area contributed by atoms with Gasteiger partial charge in [-0.15, -0.1) is 0 Å². The molecule has 122 heavy (non-hydrogen) atoms. The molecule has 1 saturated heterocycles. The van der Waals surface area contributed by atoms with Crippen LogP contribution in [0, 0.1) is 45.8 Å². The van der Waals surface area contributed by atoms with E-state index in [1.807, 2.05) is 12.2 Å². The lowest BCUT2D eigenvalue weighted by Crippen LogP contribution is -2.82. The van der Waals surface area contributed by atoms with Crippen LogP contribution in [0.3, 0.4) is 0 Å². The second kappa shape index (κ2) is 37.1. The SMILES string of the molecule is C=C1/C(=C\C=C2/CCC[C@@]3(C)C2CCC3[C@@H](C)/C=C/C(O)C2CC2)C[C@@H](O)C[C@@H]1OC(=O)NC(C)(C)C(=O)NC(CCCNC(N)=O)C(=O)Nc1ccc(COC(=O)OC2CC3OCC3(OC(C)=O)C3C(OC(=O)c4ccccc4)C4(O)CC(OC(=O)C(O)C(NC(=O)c5ccccc5)c5ccccc5)C(C)=C(C(OC(C)=O)C(=O)C23C)C4(C)C)cc1. The molecule has 7 aliphatic carbocycles. The Morgan fingerprint density at radius 3 is 2.07 bits per heavy atom. The lowest BCUT2D eigenvalue weighted by Gasteiger charge is -2.67. The molecule has 29 nitrogen and oxygen atoms in total. The fourth-order valence-electron chi connectivity index (χ4n) is 19.9. The number of fused-ring (bicyclic) bond motifs is 6. The van der Waals surface area contributed by atoms with Gasteiger partial charge in [-0.1, -0.05) is 143 Å². The molecule has 6 saturated carbocycles. The number of carbonyl (C=O) groups is 11. The highest BCUT2D eigenvalue weighted by Crippen LogP contribution is 2.66. The summed E-state index contributed by atoms with van der Waals surface area (Å²) in [6, 6.07) is 26.1. The molecule has 4 aromatic rings. The molecule has 0 spiro atoms. The Labute approximate surface area is 709 Å². The topological polar surface area (TPSA) is 429 Å². The van der Waals surface area contributed by atoms with Crippen molar-refractivity contribution in [2.45, 2.75) is 243 Å². The molecule has 19 atom stereocenters. The Hall–Kier alpha value is -10.9. The van der Waals surface area contributed by atoms with Crippen LogP contribution in [0.25, 0.3) is 0 Å². The standard InChI is InChI=1S/C93H114N6O23/c1-51(31-42-68(103)58-35-36-58)65-40-41-66-57(29-21-43-90(65,66)10)34-37-62-45-64(102)46-69(52(62)2)119-86(112)99-89(8,9)84(110)97-67(30-22-44-95-85(94)111)81(107)96-63-38-32-56(33-39-63)49-115-87(113)120-71-47-72-92(50-116-72,122-55(5)101)77-79(121-82(108)61-27-19-14-20-28-61)93(114)48-70(53(3)73(88(93,6)7)76(117-54(4)100)78(105)91(71,77)11)118-83(109)75(104)74(59-23-15-12-16-24-59)98-80(106)60-25-17-13-18-26-60/h12-20,23-28,31-34,37-39,42,51,58,64-72,74-77,79,102-104,114H,2,21-22,29-30,35-36,40-41,43-50H2,1,3-11H3,(H,96,107)(H,97,110)(H,98,106)(H,99,112)(H3,94,95,111)/b42-31+,57-34+,62-37-/t51-,64+,65?,66?,67?,68?,69-,70?,71?,72?,74?,75?,76?,77?,79?,90+,91?,92?,93?/m0/s1. The molecule has 0 aromatic heterocycles. The number of ketones is 1. The number of rotatable bonds is 28. The highest BCUT2D eigenvalue weighted by Gasteiger charge is 2.79. The first-order valence-corrected chi connectivity index (χ1v) is 42.0. The van der Waals surface area contributed by atoms with Gasteiger partial charge in [-0.3, -0.25) is 28.8 Å². The molecule has 11 N–H and O–H groups in total. The minimum Gasteiger partial charge on any atom is -0.456 e. The maximum Gasteiger partial charge on any atom is 0.508 e. The molecular weight excluding hydrogens is 1570 g/mol. The number of aliphatic hydroxyl groups is 4. The average molecular weight is 1680 g/mol. The number of primary amides is 1. The van der Waals surface area contributed by atoms with Crippen molar-refractivity contribution in [2.24, 2.45) is 51.6 Å². The number of amides is 6. The fraction of sp³-hybridized carbons (Fsp3) is 0.516. The van der Waals surface area contributed by atoms with Crippen molar-refractivity contribution in [1.82, 2.24) is 21.3 Å². The van der Waals surface area contributed by atoms with Crippen LogP contribution in [0.4, 0.5) is 20.1 Å². The fourth-order valence-corrected chi connectivity index (χ4v) is 19.9. The number of allylic oxidation sites excluding steroid dienone is 4. The summed E-state index contributed by atoms with van der Waals surface area (Å²) in [6.45, 7) is 18.8. The van der Waals surface area contributed by atoms with Crippen molar-refractivity contribution in [3.63, 3.8) is 0 Å². The van der Waals surface area contributed by atoms with E-state index in [0.717, 1.165) is 64.4 Å². The maximum atomic E-state index is 16.6. The quantitative estimate of drug-likeness (QED) is 0.0109. The lowest BCUT2D eigenvalue weighted by atomic mass is 9.44. The first kappa shape index (κ1) is 90.4. The Bertz CT molecular complexity index is 4760. The monoisotopic (exact) mass is 1680 g/mol. The Balaban J connectivity index is 0.744. The Morgan fingerprint density at radius 2 is 1.43 bits per heavy atom. The number of nitrogens with two attached hydrogens (primary N) is 1. The second-order valence-electron chi connectivity index (χ2n) is 35.5. The minimum atomic E-state index is -2.61. The summed E-state index contributed by atoms with van der Waals surface area (Å²) < 4.78 is 49.4. The van der Waals surface area contributed by atoms with Crippen LogP contribution in [-0.2, 0) is 73.3 Å². The van der Waals surface area contributed by atoms with Gasteiger partial charge in [0.15, 0.2) is 23.6 Å². The van der Waals surface area contributed by atoms with Crippen LogP contribution in [0.15, 0.2) is 174 Å². The number of esters is 4. The molecule has 654 valence electrons. The molecule has 2 bridgehead atoms. The first-order valence-electron chi connectivity index (χ1n) is 42.0. The van der Waals surface area contributed by atoms with E-state index >= 15 is 4.79 Å². The van der Waals surface area contributed by atoms with Crippen molar-refractivity contribution >= 4 is 71.3 Å². The summed E-state index contributed by atoms with van der Waals surface area (Å²) in [7, 11) is 0. The predicted octanol–water partition coefficient (Wildman–Crippen LogP) is 10.6. The van der Waals surface area contributed by atoms with Crippen LogP contribution in [0.5, 0.6) is 0 Å². The van der Waals surface area contributed by atoms with Crippen LogP contribution in [-0.4, -0.2) is 177 Å². The van der Waals surface area contributed by atoms with E-state index in [0.29, 0.717) is 46.8 Å². The molecule has 8 aliphatic rings. The van der Waals surface area contributed by atoms with Crippen molar-refractivity contribution in [3.8, 4) is 0 Å². The first-order chi connectivity index (χ1) is 57.8. The van der Waals surface area contributed by atoms with Crippen LogP contribution in [0.2, 0.25) is 0 Å². The summed E-state index contributed by atoms with van der Waals surface area (Å²) in [5.74, 6) is -7.74. The van der Waals surface area contributed by atoms with Gasteiger partial charge in [0.2, 0.25) is 11.8 Å². The summed E-state index contributed by atoms with van der Waals surface area (Å²) in [4.78, 5) is 156. The number of carbonyl (C=O) groups excluding carboxylic acids is 11. The molecule has 15 unspecified atom stereocenters. The number of Topliss-reactive ketones (excluding diaryl/α,β-unsaturated/α-hetero) is 1. The van der Waals surface area contributed by atoms with Gasteiger partial charge in [0.1, 0.15) is 54.3 Å². The molecular formula is C93H114N6O23. The number of nitrogens with one attached hydrogen (secondary N) is 5. The van der Waals surface area contributed by atoms with E-state index < -0.39 is 186 Å². The molecule has 12 rings (SSSR count). The number of hydrogen-bond acceptors (Lipinski definition) is 23. The number of urea groups is 1. The summed E-state index contributed by atoms with van der Waals surface area (Å²) in [5.41, 5.74) is -1.63. The van der Waals surface area contributed by atoms with Crippen LogP contribution < -0.4 is 32.3 Å². The Kier molecular flexibility index (Phi) is 27.5. The van der Waals surface area contributed by atoms with Crippen LogP contribution >= 0.6 is 0 Å². The zero-order valence-corrected chi connectivity index (χ0v) is 70.7. The van der Waals surface area contributed by atoms with Crippen molar-refractivity contribution in [1.29, 1.82) is 0 Å². The normalized spacial score (nSPS) is 29.6. The molecule has 4 aromatic carbocycles. The number of anilines is 1. The van der Waals surface area contributed by atoms with Crippen LogP contribution in [0.1, 0.15) is 191 Å². The van der Waals surface area contributed by atoms with Crippen molar-refractivity contribution in [3.05, 3.63) is 196 Å². The van der Waals surface area contributed by atoms with Gasteiger partial charge in [0, 0.05) is 56.3 Å². The van der Waals surface area contributed by atoms with E-state index in [2.05, 4.69) is 59.2 Å². The minimum absolute atomic E-state index is 0.0285. The van der Waals surface area contributed by atoms with Gasteiger partial charge in [0.05, 0.1) is 41.8 Å². The smallest absolute Gasteiger partial charge is 0.456 e. The molecule has 29 heteroatoms. The van der Waals surface area contributed by atoms with Gasteiger partial charge < -0.3 is 90.6 Å². The maximum absolute atomic E-state index is 16.6. The zero-order valence-electron chi connectivity index (χ0n) is 70.7. The predicted molar refractivity (Wildman–Crippen MR) is 444 cm³/mol. The van der Waals surface area contributed by atoms with Gasteiger partial charge in [-0.05, 0) is 191 Å². The third-order valence-electron chi connectivity index (χ3n) is 26.7. The summed E-state index contributed by atoms with van der Waals surface area (Å²) >= 11 is 0. The molecule has 7 fully saturated rings. The highest BCUT2D eigenvalue weighted by atomic mass is 16.7. The van der Waals surface area contributed by atoms with Gasteiger partial charge in [0.25, 0.3) is 5.91 Å². The van der Waals surface area contributed by atoms with E-state index in [9.17, 15) is 68.4 Å². The zero-order chi connectivity index (χ0) is 88.1. The van der Waals surface area contributed by atoms with E-state index in [1.165, 1.54) is 95.6 Å². The second-order valence-corrected chi connectivity index (χ2v) is 35.5. The summed E-state index contributed by atoms with van der Waals surface area (Å²) in [6.07, 6.45) is -0.352. The van der Waals surface area contributed by atoms with Crippen molar-refractivity contribution in [2.75, 3.05) is 18.5 Å². The van der Waals surface area contributed by atoms with Crippen molar-refractivity contribution < 1.29 is 111 Å². The number of ether oxygens (including phenoxy) is 8. The van der Waals surface area contributed by atoms with E-state index in [-0.39, 0.29) is 65.3 Å². The van der Waals surface area contributed by atoms with E-state index in [1.54, 1.807) is 66.7 Å². The van der Waals surface area contributed by atoms with Gasteiger partial charge in [-0.2, -0.15) is 0 Å². The molecule has 6 amide bonds. The van der Waals surface area contributed by atoms with Gasteiger partial charge >= 0.3 is 42.2 Å². The third-order valence-corrected chi connectivity index (χ3v) is 26.7. The number of alkyl carbamates (subject to hydrolysis) is 1. The number of hydrogen-bond donors (Lipinski definition) is 10.